The number of rotatable bonds is 3. The Morgan fingerprint density at radius 3 is 1.78 bits per heavy atom. The highest BCUT2D eigenvalue weighted by atomic mass is 35.5. The molecule has 7 aromatic rings. The fraction of sp³-hybridized carbons (Fsp3) is 0. The van der Waals surface area contributed by atoms with Crippen LogP contribution in [0.2, 0.25) is 5.28 Å². The zero-order valence-electron chi connectivity index (χ0n) is 19.1. The fourth-order valence-corrected chi connectivity index (χ4v) is 5.12. The van der Waals surface area contributed by atoms with Gasteiger partial charge in [0.05, 0.1) is 16.7 Å². The molecule has 0 bridgehead atoms. The second-order valence-corrected chi connectivity index (χ2v) is 9.04. The second-order valence-electron chi connectivity index (χ2n) is 8.70. The minimum absolute atomic E-state index is 0.167. The molecule has 0 radical (unpaired) electrons. The van der Waals surface area contributed by atoms with Crippen molar-refractivity contribution in [2.24, 2.45) is 0 Å². The van der Waals surface area contributed by atoms with Crippen LogP contribution in [0.15, 0.2) is 115 Å². The summed E-state index contributed by atoms with van der Waals surface area (Å²) in [5.41, 5.74) is 5.02. The number of hydrogen-bond donors (Lipinski definition) is 0. The summed E-state index contributed by atoms with van der Waals surface area (Å²) in [6, 6.07) is 39.5. The molecule has 5 heteroatoms. The largest absolute Gasteiger partial charge is 0.308 e. The van der Waals surface area contributed by atoms with Gasteiger partial charge in [0.2, 0.25) is 5.28 Å². The van der Waals surface area contributed by atoms with Crippen LogP contribution in [-0.4, -0.2) is 19.5 Å². The molecule has 0 amide bonds. The van der Waals surface area contributed by atoms with Crippen LogP contribution >= 0.6 is 11.6 Å². The first-order valence-electron chi connectivity index (χ1n) is 11.7. The van der Waals surface area contributed by atoms with Gasteiger partial charge in [-0.1, -0.05) is 91.0 Å². The van der Waals surface area contributed by atoms with Crippen molar-refractivity contribution in [2.75, 3.05) is 0 Å². The molecule has 0 fully saturated rings. The van der Waals surface area contributed by atoms with E-state index in [-0.39, 0.29) is 5.28 Å². The van der Waals surface area contributed by atoms with Gasteiger partial charge in [-0.15, -0.1) is 0 Å². The molecule has 4 nitrogen and oxygen atoms in total. The van der Waals surface area contributed by atoms with Gasteiger partial charge in [0.15, 0.2) is 11.6 Å². The van der Waals surface area contributed by atoms with Crippen molar-refractivity contribution in [3.63, 3.8) is 0 Å². The Morgan fingerprint density at radius 1 is 0.528 bits per heavy atom. The topological polar surface area (TPSA) is 43.6 Å². The van der Waals surface area contributed by atoms with E-state index in [1.165, 1.54) is 10.8 Å². The average molecular weight is 483 g/mol. The van der Waals surface area contributed by atoms with Crippen molar-refractivity contribution < 1.29 is 0 Å². The van der Waals surface area contributed by atoms with Crippen molar-refractivity contribution in [2.45, 2.75) is 0 Å². The second kappa shape index (κ2) is 8.29. The standard InChI is InChI=1S/C31H19ClN4/c32-31-34-29(20-10-2-1-3-11-20)33-30(35-31)25-18-21-12-4-5-13-22(21)19-28(25)36-26-16-8-6-14-23(26)24-15-7-9-17-27(24)36/h1-19H. The molecule has 7 rings (SSSR count). The molecule has 36 heavy (non-hydrogen) atoms. The van der Waals surface area contributed by atoms with E-state index in [0.29, 0.717) is 11.6 Å². The highest BCUT2D eigenvalue weighted by molar-refractivity contribution is 6.28. The Bertz CT molecular complexity index is 1850. The Hall–Kier alpha value is -4.54. The summed E-state index contributed by atoms with van der Waals surface area (Å²) < 4.78 is 2.30. The summed E-state index contributed by atoms with van der Waals surface area (Å²) in [7, 11) is 0. The molecule has 0 saturated heterocycles. The molecule has 0 unspecified atom stereocenters. The van der Waals surface area contributed by atoms with Crippen molar-refractivity contribution in [1.29, 1.82) is 0 Å². The number of benzene rings is 5. The SMILES string of the molecule is Clc1nc(-c2ccccc2)nc(-c2cc3ccccc3cc2-n2c3ccccc3c3ccccc32)n1. The van der Waals surface area contributed by atoms with E-state index >= 15 is 0 Å². The zero-order valence-corrected chi connectivity index (χ0v) is 19.9. The van der Waals surface area contributed by atoms with Crippen LogP contribution in [0.3, 0.4) is 0 Å². The first-order chi connectivity index (χ1) is 17.8. The Balaban J connectivity index is 1.59. The lowest BCUT2D eigenvalue weighted by Crippen LogP contribution is -2.02. The maximum Gasteiger partial charge on any atom is 0.226 e. The van der Waals surface area contributed by atoms with Crippen LogP contribution in [0.4, 0.5) is 0 Å². The smallest absolute Gasteiger partial charge is 0.226 e. The van der Waals surface area contributed by atoms with E-state index in [9.17, 15) is 0 Å². The molecule has 0 aliphatic carbocycles. The van der Waals surface area contributed by atoms with Crippen LogP contribution in [-0.2, 0) is 0 Å². The van der Waals surface area contributed by atoms with Crippen molar-refractivity contribution >= 4 is 44.2 Å². The monoisotopic (exact) mass is 482 g/mol. The number of aromatic nitrogens is 4. The normalized spacial score (nSPS) is 11.5. The molecule has 170 valence electrons. The van der Waals surface area contributed by atoms with Gasteiger partial charge in [-0.2, -0.15) is 9.97 Å². The van der Waals surface area contributed by atoms with Crippen LogP contribution in [0, 0.1) is 0 Å². The van der Waals surface area contributed by atoms with Crippen LogP contribution < -0.4 is 0 Å². The first-order valence-corrected chi connectivity index (χ1v) is 12.1. The molecular weight excluding hydrogens is 464 g/mol. The third-order valence-electron chi connectivity index (χ3n) is 6.57. The fourth-order valence-electron chi connectivity index (χ4n) is 4.96. The number of fused-ring (bicyclic) bond motifs is 4. The molecule has 0 atom stereocenters. The summed E-state index contributed by atoms with van der Waals surface area (Å²) in [6.07, 6.45) is 0. The Kier molecular flexibility index (Phi) is 4.79. The number of hydrogen-bond acceptors (Lipinski definition) is 3. The van der Waals surface area contributed by atoms with Crippen molar-refractivity contribution in [1.82, 2.24) is 19.5 Å². The van der Waals surface area contributed by atoms with E-state index in [1.54, 1.807) is 0 Å². The van der Waals surface area contributed by atoms with Gasteiger partial charge in [-0.05, 0) is 46.6 Å². The molecule has 2 heterocycles. The molecule has 0 N–H and O–H groups in total. The minimum atomic E-state index is 0.167. The zero-order chi connectivity index (χ0) is 24.1. The Labute approximate surface area is 212 Å². The van der Waals surface area contributed by atoms with Gasteiger partial charge in [-0.25, -0.2) is 4.98 Å². The van der Waals surface area contributed by atoms with Crippen molar-refractivity contribution in [3.05, 3.63) is 121 Å². The van der Waals surface area contributed by atoms with Gasteiger partial charge >= 0.3 is 0 Å². The molecule has 5 aromatic carbocycles. The molecular formula is C31H19ClN4. The van der Waals surface area contributed by atoms with E-state index in [2.05, 4.69) is 93.4 Å². The average Bonchev–Trinajstić information content (AvgIpc) is 3.27. The molecule has 0 spiro atoms. The highest BCUT2D eigenvalue weighted by Crippen LogP contribution is 2.37. The van der Waals surface area contributed by atoms with Crippen molar-refractivity contribution in [3.8, 4) is 28.5 Å². The predicted molar refractivity (Wildman–Crippen MR) is 148 cm³/mol. The van der Waals surface area contributed by atoms with Gasteiger partial charge in [0.25, 0.3) is 0 Å². The Morgan fingerprint density at radius 2 is 1.08 bits per heavy atom. The predicted octanol–water partition coefficient (Wildman–Crippen LogP) is 8.11. The van der Waals surface area contributed by atoms with Gasteiger partial charge < -0.3 is 4.57 Å². The summed E-state index contributed by atoms with van der Waals surface area (Å²) in [6.45, 7) is 0. The van der Waals surface area contributed by atoms with Crippen LogP contribution in [0.25, 0.3) is 61.0 Å². The minimum Gasteiger partial charge on any atom is -0.308 e. The first kappa shape index (κ1) is 20.8. The quantitative estimate of drug-likeness (QED) is 0.255. The highest BCUT2D eigenvalue weighted by Gasteiger charge is 2.19. The maximum absolute atomic E-state index is 6.47. The summed E-state index contributed by atoms with van der Waals surface area (Å²) in [5.74, 6) is 1.09. The van der Waals surface area contributed by atoms with Crippen LogP contribution in [0.5, 0.6) is 0 Å². The third kappa shape index (κ3) is 3.35. The van der Waals surface area contributed by atoms with Gasteiger partial charge in [0, 0.05) is 21.9 Å². The van der Waals surface area contributed by atoms with E-state index < -0.39 is 0 Å². The molecule has 0 saturated carbocycles. The molecule has 0 aliphatic heterocycles. The molecule has 0 aliphatic rings. The van der Waals surface area contributed by atoms with Gasteiger partial charge in [-0.3, -0.25) is 0 Å². The number of para-hydroxylation sites is 2. The van der Waals surface area contributed by atoms with Gasteiger partial charge in [0.1, 0.15) is 0 Å². The third-order valence-corrected chi connectivity index (χ3v) is 6.74. The summed E-state index contributed by atoms with van der Waals surface area (Å²) in [5, 5.41) is 4.81. The number of halogens is 1. The van der Waals surface area contributed by atoms with E-state index in [0.717, 1.165) is 38.6 Å². The lowest BCUT2D eigenvalue weighted by Gasteiger charge is -2.15. The van der Waals surface area contributed by atoms with Crippen LogP contribution in [0.1, 0.15) is 0 Å². The summed E-state index contributed by atoms with van der Waals surface area (Å²) >= 11 is 6.47. The summed E-state index contributed by atoms with van der Waals surface area (Å²) in [4.78, 5) is 13.9. The maximum atomic E-state index is 6.47. The van der Waals surface area contributed by atoms with E-state index in [1.807, 2.05) is 36.4 Å². The lowest BCUT2D eigenvalue weighted by molar-refractivity contribution is 1.06. The molecule has 2 aromatic heterocycles. The van der Waals surface area contributed by atoms with E-state index in [4.69, 9.17) is 16.6 Å². The number of nitrogens with zero attached hydrogens (tertiary/aromatic N) is 4. The lowest BCUT2D eigenvalue weighted by atomic mass is 10.0.